The Hall–Kier alpha value is -1.62. The zero-order chi connectivity index (χ0) is 13.5. The fourth-order valence-electron chi connectivity index (χ4n) is 3.68. The predicted octanol–water partition coefficient (Wildman–Crippen LogP) is 1.69. The van der Waals surface area contributed by atoms with Crippen LogP contribution in [-0.4, -0.2) is 43.3 Å². The Morgan fingerprint density at radius 1 is 1.10 bits per heavy atom. The smallest absolute Gasteiger partial charge is 0.163 e. The second-order valence-corrected chi connectivity index (χ2v) is 5.87. The van der Waals surface area contributed by atoms with Crippen LogP contribution in [0.25, 0.3) is 0 Å². The van der Waals surface area contributed by atoms with Crippen molar-refractivity contribution in [2.45, 2.75) is 31.3 Å². The molecule has 5 nitrogen and oxygen atoms in total. The van der Waals surface area contributed by atoms with Crippen molar-refractivity contribution in [1.82, 2.24) is 4.90 Å². The number of nitrogens with one attached hydrogen (secondary N) is 1. The van der Waals surface area contributed by atoms with Crippen LogP contribution in [0.3, 0.4) is 0 Å². The summed E-state index contributed by atoms with van der Waals surface area (Å²) in [6.07, 6.45) is 3.81. The van der Waals surface area contributed by atoms with E-state index in [4.69, 9.17) is 15.2 Å². The van der Waals surface area contributed by atoms with Crippen molar-refractivity contribution < 1.29 is 9.47 Å². The predicted molar refractivity (Wildman–Crippen MR) is 78.5 cm³/mol. The summed E-state index contributed by atoms with van der Waals surface area (Å²) >= 11 is 0. The highest BCUT2D eigenvalue weighted by atomic mass is 16.6. The molecule has 5 heteroatoms. The van der Waals surface area contributed by atoms with Crippen LogP contribution in [0.2, 0.25) is 0 Å². The Morgan fingerprint density at radius 2 is 1.90 bits per heavy atom. The summed E-state index contributed by atoms with van der Waals surface area (Å²) in [6.45, 7) is 3.65. The number of fused-ring (bicyclic) bond motifs is 2. The topological polar surface area (TPSA) is 59.8 Å². The molecule has 2 atom stereocenters. The van der Waals surface area contributed by atoms with Crippen LogP contribution < -0.4 is 20.5 Å². The molecule has 3 aliphatic heterocycles. The summed E-state index contributed by atoms with van der Waals surface area (Å²) in [5.74, 6) is 1.56. The van der Waals surface area contributed by atoms with E-state index in [-0.39, 0.29) is 0 Å². The summed E-state index contributed by atoms with van der Waals surface area (Å²) in [5.41, 5.74) is 7.87. The van der Waals surface area contributed by atoms with Gasteiger partial charge in [-0.2, -0.15) is 0 Å². The molecule has 0 aromatic heterocycles. The fourth-order valence-corrected chi connectivity index (χ4v) is 3.68. The fraction of sp³-hybridized carbons (Fsp3) is 0.600. The highest BCUT2D eigenvalue weighted by Crippen LogP contribution is 2.38. The Bertz CT molecular complexity index is 520. The number of nitrogens with two attached hydrogens (primary N) is 1. The van der Waals surface area contributed by atoms with E-state index in [0.29, 0.717) is 25.3 Å². The van der Waals surface area contributed by atoms with E-state index in [1.807, 2.05) is 12.1 Å². The number of nitrogens with zero attached hydrogens (tertiary/aromatic N) is 1. The molecule has 1 aromatic carbocycles. The quantitative estimate of drug-likeness (QED) is 0.804. The summed E-state index contributed by atoms with van der Waals surface area (Å²) in [5, 5.41) is 3.63. The molecule has 0 saturated carbocycles. The average molecular weight is 275 g/mol. The first-order valence-corrected chi connectivity index (χ1v) is 7.51. The van der Waals surface area contributed by atoms with Gasteiger partial charge >= 0.3 is 0 Å². The van der Waals surface area contributed by atoms with Gasteiger partial charge in [0.25, 0.3) is 0 Å². The van der Waals surface area contributed by atoms with Crippen molar-refractivity contribution in [3.63, 3.8) is 0 Å². The largest absolute Gasteiger partial charge is 0.486 e. The molecule has 108 valence electrons. The van der Waals surface area contributed by atoms with Gasteiger partial charge in [0.15, 0.2) is 11.5 Å². The summed E-state index contributed by atoms with van der Waals surface area (Å²) in [7, 11) is 0. The molecule has 3 N–H and O–H groups in total. The Morgan fingerprint density at radius 3 is 2.75 bits per heavy atom. The van der Waals surface area contributed by atoms with Crippen molar-refractivity contribution in [3.8, 4) is 11.5 Å². The van der Waals surface area contributed by atoms with Crippen molar-refractivity contribution in [1.29, 1.82) is 0 Å². The molecule has 0 bridgehead atoms. The Labute approximate surface area is 119 Å². The maximum Gasteiger partial charge on any atom is 0.163 e. The molecule has 3 aliphatic rings. The monoisotopic (exact) mass is 275 g/mol. The number of ether oxygens (including phenoxy) is 2. The van der Waals surface area contributed by atoms with E-state index in [0.717, 1.165) is 22.9 Å². The second-order valence-electron chi connectivity index (χ2n) is 5.87. The maximum atomic E-state index is 6.15. The second kappa shape index (κ2) is 4.74. The third-order valence-corrected chi connectivity index (χ3v) is 4.66. The molecule has 20 heavy (non-hydrogen) atoms. The van der Waals surface area contributed by atoms with Crippen molar-refractivity contribution >= 4 is 11.4 Å². The van der Waals surface area contributed by atoms with Crippen LogP contribution in [-0.2, 0) is 0 Å². The minimum absolute atomic E-state index is 0.502. The average Bonchev–Trinajstić information content (AvgIpc) is 3.04. The van der Waals surface area contributed by atoms with Gasteiger partial charge in [-0.3, -0.25) is 4.90 Å². The van der Waals surface area contributed by atoms with Gasteiger partial charge in [-0.25, -0.2) is 0 Å². The Balaban J connectivity index is 1.56. The standard InChI is InChI=1S/C15H21N3O2/c16-10-8-14-15(20-7-6-19-14)9-12(10)17-11-3-5-18-4-1-2-13(11)18/h8-9,11,13,17H,1-7,16H2. The number of nitrogen functional groups attached to an aromatic ring is 1. The van der Waals surface area contributed by atoms with Crippen molar-refractivity contribution in [3.05, 3.63) is 12.1 Å². The van der Waals surface area contributed by atoms with E-state index in [1.54, 1.807) is 0 Å². The van der Waals surface area contributed by atoms with Gasteiger partial charge < -0.3 is 20.5 Å². The molecule has 2 unspecified atom stereocenters. The van der Waals surface area contributed by atoms with Crippen LogP contribution in [0.4, 0.5) is 11.4 Å². The lowest BCUT2D eigenvalue weighted by molar-refractivity contribution is 0.172. The van der Waals surface area contributed by atoms with E-state index in [2.05, 4.69) is 10.2 Å². The number of rotatable bonds is 2. The van der Waals surface area contributed by atoms with Gasteiger partial charge in [0.2, 0.25) is 0 Å². The number of hydrogen-bond donors (Lipinski definition) is 2. The molecular formula is C15H21N3O2. The van der Waals surface area contributed by atoms with Gasteiger partial charge in [0, 0.05) is 30.8 Å². The van der Waals surface area contributed by atoms with Crippen molar-refractivity contribution in [2.75, 3.05) is 37.4 Å². The maximum absolute atomic E-state index is 6.15. The van der Waals surface area contributed by atoms with Crippen LogP contribution in [0.1, 0.15) is 19.3 Å². The molecule has 2 saturated heterocycles. The minimum Gasteiger partial charge on any atom is -0.486 e. The summed E-state index contributed by atoms with van der Waals surface area (Å²) in [4.78, 5) is 2.59. The van der Waals surface area contributed by atoms with Gasteiger partial charge in [0.1, 0.15) is 13.2 Å². The lowest BCUT2D eigenvalue weighted by Gasteiger charge is -2.25. The molecule has 0 aliphatic carbocycles. The van der Waals surface area contributed by atoms with E-state index in [1.165, 1.54) is 32.4 Å². The molecule has 0 radical (unpaired) electrons. The zero-order valence-corrected chi connectivity index (χ0v) is 11.6. The third kappa shape index (κ3) is 1.97. The van der Waals surface area contributed by atoms with E-state index in [9.17, 15) is 0 Å². The minimum atomic E-state index is 0.502. The van der Waals surface area contributed by atoms with E-state index < -0.39 is 0 Å². The van der Waals surface area contributed by atoms with Crippen LogP contribution in [0.15, 0.2) is 12.1 Å². The number of benzene rings is 1. The first kappa shape index (κ1) is 12.1. The summed E-state index contributed by atoms with van der Waals surface area (Å²) in [6, 6.07) is 5.03. The first-order chi connectivity index (χ1) is 9.81. The van der Waals surface area contributed by atoms with Gasteiger partial charge in [0.05, 0.1) is 11.4 Å². The third-order valence-electron chi connectivity index (χ3n) is 4.66. The highest BCUT2D eigenvalue weighted by Gasteiger charge is 2.37. The van der Waals surface area contributed by atoms with Crippen LogP contribution in [0, 0.1) is 0 Å². The SMILES string of the molecule is Nc1cc2c(cc1NC1CCN3CCCC13)OCCO2. The van der Waals surface area contributed by atoms with E-state index >= 15 is 0 Å². The number of anilines is 2. The molecular weight excluding hydrogens is 254 g/mol. The van der Waals surface area contributed by atoms with Gasteiger partial charge in [-0.05, 0) is 25.8 Å². The molecule has 2 fully saturated rings. The molecule has 3 heterocycles. The zero-order valence-electron chi connectivity index (χ0n) is 11.6. The molecule has 1 aromatic rings. The first-order valence-electron chi connectivity index (χ1n) is 7.51. The summed E-state index contributed by atoms with van der Waals surface area (Å²) < 4.78 is 11.2. The number of hydrogen-bond acceptors (Lipinski definition) is 5. The molecule has 4 rings (SSSR count). The molecule has 0 spiro atoms. The van der Waals surface area contributed by atoms with Crippen molar-refractivity contribution in [2.24, 2.45) is 0 Å². The lowest BCUT2D eigenvalue weighted by Crippen LogP contribution is -2.34. The normalized spacial score (nSPS) is 28.4. The lowest BCUT2D eigenvalue weighted by atomic mass is 10.1. The van der Waals surface area contributed by atoms with Crippen LogP contribution in [0.5, 0.6) is 11.5 Å². The van der Waals surface area contributed by atoms with Gasteiger partial charge in [-0.15, -0.1) is 0 Å². The molecule has 0 amide bonds. The Kier molecular flexibility index (Phi) is 2.88. The van der Waals surface area contributed by atoms with Gasteiger partial charge in [-0.1, -0.05) is 0 Å². The highest BCUT2D eigenvalue weighted by molar-refractivity contribution is 5.72. The van der Waals surface area contributed by atoms with Crippen LogP contribution >= 0.6 is 0 Å².